The second-order valence-corrected chi connectivity index (χ2v) is 0.922. The van der Waals surface area contributed by atoms with E-state index in [-0.39, 0.29) is 0 Å². The largest absolute Gasteiger partial charge is 0.473 e. The minimum absolute atomic E-state index is 1.25. The third kappa shape index (κ3) is 4.57. The van der Waals surface area contributed by atoms with E-state index >= 15 is 0 Å². The van der Waals surface area contributed by atoms with Crippen molar-refractivity contribution in [1.82, 2.24) is 0 Å². The minimum atomic E-state index is 1.25. The summed E-state index contributed by atoms with van der Waals surface area (Å²) in [6.07, 6.45) is 4.50. The molecule has 1 heterocycles. The monoisotopic (exact) mass is 110 g/mol. The van der Waals surface area contributed by atoms with E-state index in [2.05, 4.69) is 10.2 Å². The minimum Gasteiger partial charge on any atom is -0.473 e. The number of nitriles is 1. The Balaban J connectivity index is 0.000000145. The molecule has 0 aliphatic carbocycles. The van der Waals surface area contributed by atoms with Crippen LogP contribution < -0.4 is 5.73 Å². The molecule has 42 valence electrons. The Hall–Kier alpha value is -1.43. The van der Waals surface area contributed by atoms with Gasteiger partial charge in [0, 0.05) is 0 Å². The van der Waals surface area contributed by atoms with E-state index in [0.29, 0.717) is 0 Å². The summed E-state index contributed by atoms with van der Waals surface area (Å²) in [5.41, 5.74) is 4.15. The molecule has 3 nitrogen and oxygen atoms in total. The molecule has 1 aromatic heterocycles. The lowest BCUT2D eigenvalue weighted by atomic mass is 10.7. The van der Waals surface area contributed by atoms with Crippen LogP contribution in [0.1, 0.15) is 0 Å². The van der Waals surface area contributed by atoms with Gasteiger partial charge in [-0.25, -0.2) is 0 Å². The number of hydrogen-bond acceptors (Lipinski definition) is 3. The molecule has 0 bridgehead atoms. The summed E-state index contributed by atoms with van der Waals surface area (Å²) in [6.45, 7) is 0. The second kappa shape index (κ2) is 5.57. The fourth-order valence-electron chi connectivity index (χ4n) is 0.227. The zero-order valence-corrected chi connectivity index (χ0v) is 4.24. The Bertz CT molecular complexity index is 123. The molecule has 0 aromatic carbocycles. The zero-order valence-electron chi connectivity index (χ0n) is 4.24. The van der Waals surface area contributed by atoms with Gasteiger partial charge in [0.05, 0.1) is 12.5 Å². The highest BCUT2D eigenvalue weighted by molar-refractivity contribution is 4.79. The van der Waals surface area contributed by atoms with Crippen molar-refractivity contribution >= 4 is 0 Å². The van der Waals surface area contributed by atoms with Crippen LogP contribution in [0.25, 0.3) is 0 Å². The molecule has 0 saturated heterocycles. The molecule has 0 aliphatic heterocycles. The van der Waals surface area contributed by atoms with Crippen molar-refractivity contribution in [2.45, 2.75) is 0 Å². The van der Waals surface area contributed by atoms with Crippen LogP contribution in [0.3, 0.4) is 0 Å². The van der Waals surface area contributed by atoms with Gasteiger partial charge in [-0.3, -0.25) is 0 Å². The SMILES string of the molecule is N#CN.c1ccoc1. The van der Waals surface area contributed by atoms with Crippen LogP contribution in [0.2, 0.25) is 0 Å². The molecular formula is C5H6N2O. The lowest BCUT2D eigenvalue weighted by Gasteiger charge is -1.50. The van der Waals surface area contributed by atoms with Crippen LogP contribution in [-0.4, -0.2) is 0 Å². The van der Waals surface area contributed by atoms with Crippen LogP contribution in [-0.2, 0) is 0 Å². The summed E-state index contributed by atoms with van der Waals surface area (Å²) in [7, 11) is 0. The van der Waals surface area contributed by atoms with Crippen LogP contribution in [0.5, 0.6) is 0 Å². The third-order valence-electron chi connectivity index (χ3n) is 0.425. The average molecular weight is 110 g/mol. The van der Waals surface area contributed by atoms with Gasteiger partial charge >= 0.3 is 0 Å². The Labute approximate surface area is 47.3 Å². The van der Waals surface area contributed by atoms with E-state index < -0.39 is 0 Å². The van der Waals surface area contributed by atoms with Gasteiger partial charge in [0.1, 0.15) is 0 Å². The fraction of sp³-hybridized carbons (Fsp3) is 0. The van der Waals surface area contributed by atoms with E-state index in [9.17, 15) is 0 Å². The quantitative estimate of drug-likeness (QED) is 0.395. The maximum Gasteiger partial charge on any atom is 0.173 e. The lowest BCUT2D eigenvalue weighted by Crippen LogP contribution is -1.69. The first-order valence-electron chi connectivity index (χ1n) is 1.98. The Kier molecular flexibility index (Phi) is 4.57. The number of hydrogen-bond donors (Lipinski definition) is 1. The van der Waals surface area contributed by atoms with Gasteiger partial charge in [0.2, 0.25) is 0 Å². The summed E-state index contributed by atoms with van der Waals surface area (Å²) in [4.78, 5) is 0. The maximum atomic E-state index is 7.10. The van der Waals surface area contributed by atoms with Crippen LogP contribution in [0, 0.1) is 11.5 Å². The van der Waals surface area contributed by atoms with Crippen molar-refractivity contribution in [3.05, 3.63) is 24.7 Å². The standard InChI is InChI=1S/C4H4O.CH2N2/c1-2-4-5-3-1;2-1-3/h1-4H;2H2. The van der Waals surface area contributed by atoms with Gasteiger partial charge in [-0.05, 0) is 12.1 Å². The van der Waals surface area contributed by atoms with E-state index in [1.165, 1.54) is 6.19 Å². The smallest absolute Gasteiger partial charge is 0.173 e. The average Bonchev–Trinajstić information content (AvgIpc) is 2.17. The lowest BCUT2D eigenvalue weighted by molar-refractivity contribution is 0.567. The maximum absolute atomic E-state index is 7.10. The molecule has 0 atom stereocenters. The van der Waals surface area contributed by atoms with Gasteiger partial charge in [0.15, 0.2) is 6.19 Å². The summed E-state index contributed by atoms with van der Waals surface area (Å²) in [5, 5.41) is 7.10. The molecule has 0 spiro atoms. The van der Waals surface area contributed by atoms with E-state index in [1.807, 2.05) is 12.1 Å². The third-order valence-corrected chi connectivity index (χ3v) is 0.425. The summed E-state index contributed by atoms with van der Waals surface area (Å²) in [5.74, 6) is 0. The van der Waals surface area contributed by atoms with Crippen molar-refractivity contribution in [1.29, 1.82) is 5.26 Å². The molecule has 2 N–H and O–H groups in total. The first-order valence-corrected chi connectivity index (χ1v) is 1.98. The Morgan fingerprint density at radius 2 is 1.75 bits per heavy atom. The molecule has 1 aromatic rings. The van der Waals surface area contributed by atoms with Gasteiger partial charge < -0.3 is 10.2 Å². The van der Waals surface area contributed by atoms with Gasteiger partial charge in [-0.15, -0.1) is 0 Å². The number of rotatable bonds is 0. The molecule has 8 heavy (non-hydrogen) atoms. The topological polar surface area (TPSA) is 63.0 Å². The van der Waals surface area contributed by atoms with Crippen LogP contribution in [0.15, 0.2) is 29.1 Å². The Morgan fingerprint density at radius 1 is 1.38 bits per heavy atom. The molecule has 1 rings (SSSR count). The first-order chi connectivity index (χ1) is 3.91. The predicted molar refractivity (Wildman–Crippen MR) is 28.5 cm³/mol. The number of furan rings is 1. The van der Waals surface area contributed by atoms with Crippen molar-refractivity contribution in [3.63, 3.8) is 0 Å². The fourth-order valence-corrected chi connectivity index (χ4v) is 0.227. The molecule has 0 fully saturated rings. The van der Waals surface area contributed by atoms with Gasteiger partial charge in [0.25, 0.3) is 0 Å². The molecule has 0 saturated carbocycles. The Morgan fingerprint density at radius 3 is 1.88 bits per heavy atom. The predicted octanol–water partition coefficient (Wildman–Crippen LogP) is 0.706. The highest BCUT2D eigenvalue weighted by Gasteiger charge is 1.58. The molecule has 0 aliphatic rings. The highest BCUT2D eigenvalue weighted by atomic mass is 16.3. The molecule has 0 unspecified atom stereocenters. The molecule has 3 heteroatoms. The highest BCUT2D eigenvalue weighted by Crippen LogP contribution is 1.79. The second-order valence-electron chi connectivity index (χ2n) is 0.922. The summed E-state index contributed by atoms with van der Waals surface area (Å²) >= 11 is 0. The summed E-state index contributed by atoms with van der Waals surface area (Å²) < 4.78 is 4.58. The molecule has 0 amide bonds. The summed E-state index contributed by atoms with van der Waals surface area (Å²) in [6, 6.07) is 3.67. The van der Waals surface area contributed by atoms with E-state index in [1.54, 1.807) is 12.5 Å². The molecular weight excluding hydrogens is 104 g/mol. The normalized spacial score (nSPS) is 5.88. The van der Waals surface area contributed by atoms with Crippen molar-refractivity contribution in [2.24, 2.45) is 5.73 Å². The van der Waals surface area contributed by atoms with Crippen LogP contribution in [0.4, 0.5) is 0 Å². The zero-order chi connectivity index (χ0) is 6.24. The van der Waals surface area contributed by atoms with E-state index in [4.69, 9.17) is 5.26 Å². The molecule has 0 radical (unpaired) electrons. The van der Waals surface area contributed by atoms with Crippen molar-refractivity contribution < 1.29 is 4.42 Å². The van der Waals surface area contributed by atoms with Crippen molar-refractivity contribution in [3.8, 4) is 6.19 Å². The number of nitrogens with two attached hydrogens (primary N) is 1. The van der Waals surface area contributed by atoms with Crippen molar-refractivity contribution in [2.75, 3.05) is 0 Å². The van der Waals surface area contributed by atoms with E-state index in [0.717, 1.165) is 0 Å². The van der Waals surface area contributed by atoms with Gasteiger partial charge in [-0.2, -0.15) is 5.26 Å². The first kappa shape index (κ1) is 6.57. The van der Waals surface area contributed by atoms with Gasteiger partial charge in [-0.1, -0.05) is 0 Å². The number of nitrogens with zero attached hydrogens (tertiary/aromatic N) is 1. The van der Waals surface area contributed by atoms with Crippen LogP contribution >= 0.6 is 0 Å².